The van der Waals surface area contributed by atoms with Gasteiger partial charge in [-0.15, -0.1) is 0 Å². The Bertz CT molecular complexity index is 528. The predicted octanol–water partition coefficient (Wildman–Crippen LogP) is 2.15. The molecule has 2 rings (SSSR count). The molecule has 1 aromatic carbocycles. The number of benzene rings is 1. The standard InChI is InChI=1S/C15H20N2O3/c1-9-10(15(19)20)6-4-8-13(9)17-14(18)11-5-2-3-7-12(11)16/h4,6,8,11-12H,2-3,5,7,16H2,1H3,(H,17,18)(H,19,20). The molecule has 0 radical (unpaired) electrons. The fourth-order valence-electron chi connectivity index (χ4n) is 2.71. The Morgan fingerprint density at radius 2 is 2.00 bits per heavy atom. The quantitative estimate of drug-likeness (QED) is 0.788. The molecule has 20 heavy (non-hydrogen) atoms. The lowest BCUT2D eigenvalue weighted by Crippen LogP contribution is -2.40. The third kappa shape index (κ3) is 2.99. The number of carbonyl (C=O) groups excluding carboxylic acids is 1. The molecule has 1 amide bonds. The van der Waals surface area contributed by atoms with Crippen molar-refractivity contribution in [3.05, 3.63) is 29.3 Å². The van der Waals surface area contributed by atoms with E-state index in [0.717, 1.165) is 25.7 Å². The lowest BCUT2D eigenvalue weighted by molar-refractivity contribution is -0.121. The molecule has 5 nitrogen and oxygen atoms in total. The highest BCUT2D eigenvalue weighted by molar-refractivity contribution is 5.97. The summed E-state index contributed by atoms with van der Waals surface area (Å²) in [5.41, 5.74) is 7.32. The fourth-order valence-corrected chi connectivity index (χ4v) is 2.71. The Labute approximate surface area is 118 Å². The van der Waals surface area contributed by atoms with Gasteiger partial charge >= 0.3 is 5.97 Å². The van der Waals surface area contributed by atoms with Crippen LogP contribution < -0.4 is 11.1 Å². The second-order valence-corrected chi connectivity index (χ2v) is 5.33. The first-order chi connectivity index (χ1) is 9.50. The van der Waals surface area contributed by atoms with Gasteiger partial charge in [-0.3, -0.25) is 4.79 Å². The van der Waals surface area contributed by atoms with Crippen LogP contribution in [0.4, 0.5) is 5.69 Å². The molecular weight excluding hydrogens is 256 g/mol. The first kappa shape index (κ1) is 14.5. The largest absolute Gasteiger partial charge is 0.478 e. The van der Waals surface area contributed by atoms with Crippen LogP contribution in [0.1, 0.15) is 41.6 Å². The molecule has 108 valence electrons. The summed E-state index contributed by atoms with van der Waals surface area (Å²) in [5.74, 6) is -1.28. The van der Waals surface area contributed by atoms with E-state index in [1.807, 2.05) is 0 Å². The van der Waals surface area contributed by atoms with Crippen molar-refractivity contribution in [3.8, 4) is 0 Å². The van der Waals surface area contributed by atoms with E-state index in [4.69, 9.17) is 10.8 Å². The molecule has 0 heterocycles. The van der Waals surface area contributed by atoms with E-state index in [9.17, 15) is 9.59 Å². The normalized spacial score (nSPS) is 22.3. The summed E-state index contributed by atoms with van der Waals surface area (Å²) in [4.78, 5) is 23.4. The Morgan fingerprint density at radius 3 is 2.65 bits per heavy atom. The summed E-state index contributed by atoms with van der Waals surface area (Å²) in [6.07, 6.45) is 3.75. The second kappa shape index (κ2) is 6.05. The highest BCUT2D eigenvalue weighted by Crippen LogP contribution is 2.26. The van der Waals surface area contributed by atoms with Gasteiger partial charge in [-0.05, 0) is 37.5 Å². The molecule has 0 saturated heterocycles. The van der Waals surface area contributed by atoms with E-state index in [1.54, 1.807) is 19.1 Å². The van der Waals surface area contributed by atoms with Crippen LogP contribution in [0.3, 0.4) is 0 Å². The third-order valence-electron chi connectivity index (χ3n) is 3.98. The molecule has 0 aromatic heterocycles. The number of nitrogens with one attached hydrogen (secondary N) is 1. The van der Waals surface area contributed by atoms with E-state index in [2.05, 4.69) is 5.32 Å². The Hall–Kier alpha value is -1.88. The first-order valence-electron chi connectivity index (χ1n) is 6.90. The van der Waals surface area contributed by atoms with Crippen LogP contribution in [0, 0.1) is 12.8 Å². The zero-order chi connectivity index (χ0) is 14.7. The molecule has 0 aliphatic heterocycles. The summed E-state index contributed by atoms with van der Waals surface area (Å²) in [6, 6.07) is 4.77. The average Bonchev–Trinajstić information content (AvgIpc) is 2.41. The lowest BCUT2D eigenvalue weighted by Gasteiger charge is -2.27. The van der Waals surface area contributed by atoms with E-state index in [-0.39, 0.29) is 23.4 Å². The summed E-state index contributed by atoms with van der Waals surface area (Å²) >= 11 is 0. The Kier molecular flexibility index (Phi) is 4.39. The van der Waals surface area contributed by atoms with Crippen LogP contribution in [0.25, 0.3) is 0 Å². The molecule has 1 saturated carbocycles. The molecule has 0 bridgehead atoms. The van der Waals surface area contributed by atoms with Gasteiger partial charge in [0.05, 0.1) is 11.5 Å². The van der Waals surface area contributed by atoms with Gasteiger partial charge in [0.25, 0.3) is 0 Å². The number of amides is 1. The number of carboxylic acid groups (broad SMARTS) is 1. The van der Waals surface area contributed by atoms with Gasteiger partial charge < -0.3 is 16.2 Å². The van der Waals surface area contributed by atoms with Crippen molar-refractivity contribution < 1.29 is 14.7 Å². The molecule has 1 aliphatic carbocycles. The smallest absolute Gasteiger partial charge is 0.336 e. The first-order valence-corrected chi connectivity index (χ1v) is 6.90. The maximum atomic E-state index is 12.3. The molecule has 4 N–H and O–H groups in total. The van der Waals surface area contributed by atoms with Crippen LogP contribution in [0.15, 0.2) is 18.2 Å². The third-order valence-corrected chi connectivity index (χ3v) is 3.98. The molecule has 1 aromatic rings. The summed E-state index contributed by atoms with van der Waals surface area (Å²) in [7, 11) is 0. The highest BCUT2D eigenvalue weighted by atomic mass is 16.4. The zero-order valence-corrected chi connectivity index (χ0v) is 11.6. The van der Waals surface area contributed by atoms with Crippen molar-refractivity contribution in [1.29, 1.82) is 0 Å². The van der Waals surface area contributed by atoms with Crippen LogP contribution >= 0.6 is 0 Å². The van der Waals surface area contributed by atoms with Gasteiger partial charge in [0.15, 0.2) is 0 Å². The number of hydrogen-bond donors (Lipinski definition) is 3. The Morgan fingerprint density at radius 1 is 1.30 bits per heavy atom. The van der Waals surface area contributed by atoms with Crippen LogP contribution in [0.5, 0.6) is 0 Å². The molecule has 0 spiro atoms. The van der Waals surface area contributed by atoms with Crippen molar-refractivity contribution >= 4 is 17.6 Å². The van der Waals surface area contributed by atoms with E-state index >= 15 is 0 Å². The molecule has 2 unspecified atom stereocenters. The molecule has 5 heteroatoms. The van der Waals surface area contributed by atoms with Crippen LogP contribution in [-0.4, -0.2) is 23.0 Å². The molecule has 1 aliphatic rings. The molecular formula is C15H20N2O3. The van der Waals surface area contributed by atoms with E-state index in [1.165, 1.54) is 6.07 Å². The minimum Gasteiger partial charge on any atom is -0.478 e. The van der Waals surface area contributed by atoms with Gasteiger partial charge in [-0.1, -0.05) is 18.9 Å². The number of aromatic carboxylic acids is 1. The van der Waals surface area contributed by atoms with Crippen molar-refractivity contribution in [1.82, 2.24) is 0 Å². The van der Waals surface area contributed by atoms with Crippen molar-refractivity contribution in [2.75, 3.05) is 5.32 Å². The van der Waals surface area contributed by atoms with Crippen molar-refractivity contribution in [3.63, 3.8) is 0 Å². The monoisotopic (exact) mass is 276 g/mol. The number of nitrogens with two attached hydrogens (primary N) is 1. The number of hydrogen-bond acceptors (Lipinski definition) is 3. The van der Waals surface area contributed by atoms with Crippen molar-refractivity contribution in [2.24, 2.45) is 11.7 Å². The van der Waals surface area contributed by atoms with Gasteiger partial charge in [0.1, 0.15) is 0 Å². The average molecular weight is 276 g/mol. The summed E-state index contributed by atoms with van der Waals surface area (Å²) in [6.45, 7) is 1.69. The number of carboxylic acids is 1. The Balaban J connectivity index is 2.15. The van der Waals surface area contributed by atoms with Gasteiger partial charge in [0.2, 0.25) is 5.91 Å². The molecule has 1 fully saturated rings. The summed E-state index contributed by atoms with van der Waals surface area (Å²) in [5, 5.41) is 11.9. The topological polar surface area (TPSA) is 92.4 Å². The van der Waals surface area contributed by atoms with E-state index in [0.29, 0.717) is 11.3 Å². The van der Waals surface area contributed by atoms with Gasteiger partial charge in [-0.2, -0.15) is 0 Å². The minimum atomic E-state index is -0.993. The van der Waals surface area contributed by atoms with E-state index < -0.39 is 5.97 Å². The fraction of sp³-hybridized carbons (Fsp3) is 0.467. The minimum absolute atomic E-state index is 0.105. The van der Waals surface area contributed by atoms with Crippen LogP contribution in [-0.2, 0) is 4.79 Å². The van der Waals surface area contributed by atoms with Crippen LogP contribution in [0.2, 0.25) is 0 Å². The highest BCUT2D eigenvalue weighted by Gasteiger charge is 2.28. The zero-order valence-electron chi connectivity index (χ0n) is 11.6. The maximum absolute atomic E-state index is 12.3. The van der Waals surface area contributed by atoms with Gasteiger partial charge in [-0.25, -0.2) is 4.79 Å². The molecule has 2 atom stereocenters. The number of carbonyl (C=O) groups is 2. The van der Waals surface area contributed by atoms with Crippen molar-refractivity contribution in [2.45, 2.75) is 38.6 Å². The summed E-state index contributed by atoms with van der Waals surface area (Å²) < 4.78 is 0. The second-order valence-electron chi connectivity index (χ2n) is 5.33. The SMILES string of the molecule is Cc1c(NC(=O)C2CCCCC2N)cccc1C(=O)O. The number of anilines is 1. The predicted molar refractivity (Wildman–Crippen MR) is 76.7 cm³/mol. The lowest BCUT2D eigenvalue weighted by atomic mass is 9.84. The van der Waals surface area contributed by atoms with Gasteiger partial charge in [0, 0.05) is 11.7 Å². The number of rotatable bonds is 3. The maximum Gasteiger partial charge on any atom is 0.336 e.